The number of allylic oxidation sites excluding steroid dienone is 3. The van der Waals surface area contributed by atoms with E-state index >= 15 is 0 Å². The second-order valence-corrected chi connectivity index (χ2v) is 16.9. The Morgan fingerprint density at radius 3 is 1.57 bits per heavy atom. The van der Waals surface area contributed by atoms with Gasteiger partial charge in [-0.15, -0.1) is 0 Å². The summed E-state index contributed by atoms with van der Waals surface area (Å²) >= 11 is 0. The van der Waals surface area contributed by atoms with Crippen LogP contribution in [0.1, 0.15) is 117 Å². The topological polar surface area (TPSA) is 307 Å². The lowest BCUT2D eigenvalue weighted by atomic mass is 9.96. The van der Waals surface area contributed by atoms with Crippen LogP contribution in [0.5, 0.6) is 0 Å². The Hall–Kier alpha value is -1.73. The van der Waals surface area contributed by atoms with E-state index in [0.717, 1.165) is 25.7 Å². The number of ether oxygens (including phenoxy) is 6. The molecule has 3 aliphatic rings. The van der Waals surface area contributed by atoms with Crippen molar-refractivity contribution >= 4 is 5.91 Å². The number of aliphatic hydroxyl groups excluding tert-OH is 11. The van der Waals surface area contributed by atoms with Crippen LogP contribution in [0, 0.1) is 0 Å². The van der Waals surface area contributed by atoms with Crippen LogP contribution in [-0.4, -0.2) is 193 Å². The Labute approximate surface area is 371 Å². The maximum absolute atomic E-state index is 12.7. The maximum Gasteiger partial charge on any atom is 0.220 e. The summed E-state index contributed by atoms with van der Waals surface area (Å²) in [5.74, 6) is -0.324. The number of nitrogens with one attached hydrogen (secondary N) is 1. The first-order chi connectivity index (χ1) is 30.3. The number of amides is 1. The first kappa shape index (κ1) is 55.6. The van der Waals surface area contributed by atoms with E-state index in [0.29, 0.717) is 12.8 Å². The molecule has 0 saturated carbocycles. The lowest BCUT2D eigenvalue weighted by Crippen LogP contribution is -2.66. The van der Waals surface area contributed by atoms with Crippen LogP contribution < -0.4 is 5.32 Å². The first-order valence-corrected chi connectivity index (χ1v) is 23.1. The largest absolute Gasteiger partial charge is 0.394 e. The molecule has 0 aliphatic carbocycles. The van der Waals surface area contributed by atoms with E-state index in [1.165, 1.54) is 57.8 Å². The summed E-state index contributed by atoms with van der Waals surface area (Å²) in [6, 6.07) is -0.979. The summed E-state index contributed by atoms with van der Waals surface area (Å²) < 4.78 is 33.8. The van der Waals surface area contributed by atoms with Crippen molar-refractivity contribution in [2.24, 2.45) is 0 Å². The number of rotatable bonds is 30. The van der Waals surface area contributed by atoms with Crippen LogP contribution in [0.25, 0.3) is 0 Å². The molecule has 0 aromatic heterocycles. The van der Waals surface area contributed by atoms with E-state index in [2.05, 4.69) is 24.4 Å². The molecular formula is C44H79NO18. The van der Waals surface area contributed by atoms with Crippen molar-refractivity contribution in [3.05, 3.63) is 24.3 Å². The summed E-state index contributed by atoms with van der Waals surface area (Å²) in [4.78, 5) is 12.7. The van der Waals surface area contributed by atoms with Gasteiger partial charge in [-0.2, -0.15) is 0 Å². The third-order valence-electron chi connectivity index (χ3n) is 11.8. The molecule has 19 heteroatoms. The molecule has 3 heterocycles. The van der Waals surface area contributed by atoms with Crippen molar-refractivity contribution in [3.8, 4) is 0 Å². The Kier molecular flexibility index (Phi) is 26.9. The Bertz CT molecular complexity index is 1280. The van der Waals surface area contributed by atoms with Crippen molar-refractivity contribution in [2.45, 2.75) is 221 Å². The molecule has 17 unspecified atom stereocenters. The summed E-state index contributed by atoms with van der Waals surface area (Å²) in [5, 5.41) is 118. The molecule has 0 aromatic rings. The van der Waals surface area contributed by atoms with Crippen molar-refractivity contribution in [2.75, 3.05) is 26.4 Å². The molecule has 0 aromatic carbocycles. The first-order valence-electron chi connectivity index (χ1n) is 23.1. The minimum absolute atomic E-state index is 0.210. The molecule has 12 N–H and O–H groups in total. The number of carbonyl (C=O) groups is 1. The van der Waals surface area contributed by atoms with Gasteiger partial charge in [0.15, 0.2) is 18.9 Å². The van der Waals surface area contributed by atoms with Gasteiger partial charge in [0, 0.05) is 6.42 Å². The summed E-state index contributed by atoms with van der Waals surface area (Å²) in [6.45, 7) is 1.38. The standard InChI is InChI=1S/C44H79NO18/c1-3-5-7-8-9-10-11-12-13-14-15-16-17-18-19-20-21-28(49)27(45-32(50)22-6-4-2)26-58-42-38(56)35(53)40(30(24-47)60-42)63-44-39(57)36(54)41(31(25-48)61-44)62-43-37(55)34(52)33(51)29(23-46)59-43/h16-17,20-21,27-31,33-44,46-49,51-57H,3-15,18-19,22-26H2,1-2H3,(H,45,50)/b17-16+,21-20+. The predicted molar refractivity (Wildman–Crippen MR) is 226 cm³/mol. The summed E-state index contributed by atoms with van der Waals surface area (Å²) in [5.41, 5.74) is 0. The van der Waals surface area contributed by atoms with Gasteiger partial charge in [-0.1, -0.05) is 102 Å². The van der Waals surface area contributed by atoms with Crippen molar-refractivity contribution in [1.82, 2.24) is 5.32 Å². The number of unbranched alkanes of at least 4 members (excludes halogenated alkanes) is 12. The zero-order valence-electron chi connectivity index (χ0n) is 37.0. The highest BCUT2D eigenvalue weighted by atomic mass is 16.8. The van der Waals surface area contributed by atoms with E-state index in [-0.39, 0.29) is 18.9 Å². The molecule has 3 fully saturated rings. The molecule has 17 atom stereocenters. The van der Waals surface area contributed by atoms with E-state index in [1.54, 1.807) is 6.08 Å². The van der Waals surface area contributed by atoms with E-state index in [4.69, 9.17) is 28.4 Å². The molecule has 19 nitrogen and oxygen atoms in total. The highest BCUT2D eigenvalue weighted by molar-refractivity contribution is 5.76. The third-order valence-corrected chi connectivity index (χ3v) is 11.8. The number of hydrogen-bond donors (Lipinski definition) is 12. The number of carbonyl (C=O) groups excluding carboxylic acids is 1. The predicted octanol–water partition coefficient (Wildman–Crippen LogP) is -0.309. The molecule has 0 spiro atoms. The lowest BCUT2D eigenvalue weighted by molar-refractivity contribution is -0.379. The van der Waals surface area contributed by atoms with Crippen LogP contribution in [-0.2, 0) is 33.2 Å². The quantitative estimate of drug-likeness (QED) is 0.0325. The maximum atomic E-state index is 12.7. The Morgan fingerprint density at radius 2 is 1.02 bits per heavy atom. The van der Waals surface area contributed by atoms with Crippen molar-refractivity contribution in [1.29, 1.82) is 0 Å². The van der Waals surface area contributed by atoms with Gasteiger partial charge < -0.3 is 89.9 Å². The van der Waals surface area contributed by atoms with Crippen LogP contribution >= 0.6 is 0 Å². The summed E-state index contributed by atoms with van der Waals surface area (Å²) in [7, 11) is 0. The van der Waals surface area contributed by atoms with E-state index < -0.39 is 124 Å². The smallest absolute Gasteiger partial charge is 0.220 e. The van der Waals surface area contributed by atoms with Crippen molar-refractivity contribution < 1.29 is 89.4 Å². The molecular weight excluding hydrogens is 830 g/mol. The number of hydrogen-bond acceptors (Lipinski definition) is 18. The normalized spacial score (nSPS) is 35.0. The van der Waals surface area contributed by atoms with Gasteiger partial charge in [-0.3, -0.25) is 4.79 Å². The second-order valence-electron chi connectivity index (χ2n) is 16.9. The van der Waals surface area contributed by atoms with Gasteiger partial charge in [0.1, 0.15) is 73.2 Å². The summed E-state index contributed by atoms with van der Waals surface area (Å²) in [6.07, 6.45) is -2.21. The van der Waals surface area contributed by atoms with Gasteiger partial charge in [0.25, 0.3) is 0 Å². The SMILES string of the molecule is CCCCCCCCCCCC/C=C/CC/C=C/C(O)C(COC1OC(CO)C(OC2OC(CO)C(OC3OC(CO)C(O)C(O)C3O)C(O)C2O)C(O)C1O)NC(=O)CCCC. The molecule has 3 rings (SSSR count). The Balaban J connectivity index is 1.53. The fourth-order valence-corrected chi connectivity index (χ4v) is 7.77. The fraction of sp³-hybridized carbons (Fsp3) is 0.886. The van der Waals surface area contributed by atoms with Gasteiger partial charge in [-0.25, -0.2) is 0 Å². The van der Waals surface area contributed by atoms with E-state index in [9.17, 15) is 61.0 Å². The van der Waals surface area contributed by atoms with Gasteiger partial charge in [0.2, 0.25) is 5.91 Å². The fourth-order valence-electron chi connectivity index (χ4n) is 7.77. The van der Waals surface area contributed by atoms with Crippen LogP contribution in [0.3, 0.4) is 0 Å². The average Bonchev–Trinajstić information content (AvgIpc) is 3.28. The number of aliphatic hydroxyl groups is 11. The van der Waals surface area contributed by atoms with Crippen LogP contribution in [0.4, 0.5) is 0 Å². The highest BCUT2D eigenvalue weighted by Crippen LogP contribution is 2.33. The lowest BCUT2D eigenvalue weighted by Gasteiger charge is -2.48. The van der Waals surface area contributed by atoms with Crippen LogP contribution in [0.15, 0.2) is 24.3 Å². The minimum atomic E-state index is -1.97. The average molecular weight is 910 g/mol. The highest BCUT2D eigenvalue weighted by Gasteiger charge is 2.53. The molecule has 1 amide bonds. The zero-order valence-corrected chi connectivity index (χ0v) is 37.0. The van der Waals surface area contributed by atoms with Gasteiger partial charge in [-0.05, 0) is 32.1 Å². The van der Waals surface area contributed by atoms with Gasteiger partial charge >= 0.3 is 0 Å². The molecule has 0 radical (unpaired) electrons. The Morgan fingerprint density at radius 1 is 0.556 bits per heavy atom. The third kappa shape index (κ3) is 17.8. The minimum Gasteiger partial charge on any atom is -0.394 e. The van der Waals surface area contributed by atoms with Crippen molar-refractivity contribution in [3.63, 3.8) is 0 Å². The molecule has 3 saturated heterocycles. The second kappa shape index (κ2) is 30.5. The molecule has 0 bridgehead atoms. The zero-order chi connectivity index (χ0) is 46.3. The molecule has 63 heavy (non-hydrogen) atoms. The molecule has 3 aliphatic heterocycles. The molecule has 368 valence electrons. The van der Waals surface area contributed by atoms with Gasteiger partial charge in [0.05, 0.1) is 38.6 Å². The van der Waals surface area contributed by atoms with E-state index in [1.807, 2.05) is 13.0 Å². The van der Waals surface area contributed by atoms with Crippen LogP contribution in [0.2, 0.25) is 0 Å². The monoisotopic (exact) mass is 910 g/mol.